The summed E-state index contributed by atoms with van der Waals surface area (Å²) in [6.45, 7) is 13.7. The van der Waals surface area contributed by atoms with Crippen molar-refractivity contribution in [2.24, 2.45) is 47.3 Å². The first-order valence-electron chi connectivity index (χ1n) is 38.8. The van der Waals surface area contributed by atoms with Gasteiger partial charge in [-0.1, -0.05) is 99.8 Å². The SMILES string of the molecule is CC[C@H](C)[C@@H]1NC(=O)[C@H](CC(C)C)N(C)C(=O)C[C@@H](C(=O)N(C)C)N(C)C(=O)[C@H]([C@@H](C)CC)N(C)C(=O)C2(CCCC2)NC(=O)[C@H](CC2CCC(F)CC2)N(C)C(=O)[C@H](CCC2CC(F)C(C(F)(F)F)C(F)C2)NC(=O)CN(C)C(=O)[C@H](CC2CCC(C)CC2)N(C)C(=O)[C@@H]2CCN2C(=O)[C@H](C)N(C)C1=O. The molecule has 0 radical (unpaired) electrons. The van der Waals surface area contributed by atoms with E-state index in [1.54, 1.807) is 20.8 Å². The van der Waals surface area contributed by atoms with Gasteiger partial charge in [0.2, 0.25) is 70.9 Å². The molecule has 3 N–H and O–H groups in total. The Hall–Kier alpha value is -6.78. The summed E-state index contributed by atoms with van der Waals surface area (Å²) in [4.78, 5) is 192. The van der Waals surface area contributed by atoms with Crippen LogP contribution in [0.2, 0.25) is 0 Å². The van der Waals surface area contributed by atoms with Crippen LogP contribution in [0.25, 0.3) is 0 Å². The number of hydrogen-bond donors (Lipinski definition) is 3. The molecule has 30 heteroatoms. The highest BCUT2D eigenvalue weighted by molar-refractivity contribution is 6.01. The van der Waals surface area contributed by atoms with Crippen LogP contribution in [0.5, 0.6) is 0 Å². The number of hydrogen-bond acceptors (Lipinski definition) is 12. The van der Waals surface area contributed by atoms with Crippen molar-refractivity contribution in [3.8, 4) is 0 Å². The van der Waals surface area contributed by atoms with Crippen LogP contribution in [-0.4, -0.2) is 276 Å². The molecule has 24 nitrogen and oxygen atoms in total. The average molecular weight is 1510 g/mol. The number of likely N-dealkylation sites (N-methyl/N-ethyl adjacent to an activating group) is 8. The number of nitrogens with one attached hydrogen (secondary N) is 3. The lowest BCUT2D eigenvalue weighted by Gasteiger charge is -2.45. The molecule has 6 aliphatic rings. The van der Waals surface area contributed by atoms with Crippen LogP contribution in [0.1, 0.15) is 203 Å². The molecule has 0 aromatic carbocycles. The highest BCUT2D eigenvalue weighted by atomic mass is 19.4. The predicted molar refractivity (Wildman–Crippen MR) is 386 cm³/mol. The Labute approximate surface area is 623 Å². The van der Waals surface area contributed by atoms with Crippen LogP contribution >= 0.6 is 0 Å². The van der Waals surface area contributed by atoms with Crippen molar-refractivity contribution >= 4 is 70.9 Å². The molecule has 0 bridgehead atoms. The van der Waals surface area contributed by atoms with E-state index in [1.165, 1.54) is 99.8 Å². The number of rotatable bonds is 14. The van der Waals surface area contributed by atoms with Crippen LogP contribution in [0, 0.1) is 47.3 Å². The molecule has 2 aliphatic heterocycles. The van der Waals surface area contributed by atoms with Crippen molar-refractivity contribution in [2.75, 3.05) is 76.5 Å². The Bertz CT molecular complexity index is 3080. The van der Waals surface area contributed by atoms with Gasteiger partial charge in [0, 0.05) is 70.0 Å². The van der Waals surface area contributed by atoms with E-state index in [1.807, 2.05) is 20.8 Å². The van der Waals surface area contributed by atoms with Gasteiger partial charge in [-0.25, -0.2) is 13.2 Å². The second-order valence-corrected chi connectivity index (χ2v) is 32.9. The standard InChI is InChI=1S/C76H124F6N12O12/c1-18-45(6)63-72(104)88(12)47(8)67(99)94-35-32-55(94)71(103)91(15)58(40-48-24-22-44(5)23-25-48)70(102)87(11)42-60(95)83-54(31-28-50-37-52(78)62(53(79)38-50)76(80,81)82)68(100)90(14)57(39-49-26-29-51(77)30-27-49)66(98)85-75(33-20-21-34-75)74(106)93(17)64(46(7)19-2)73(105)92(16)59(69(101)86(9)10)41-61(96)89(13)56(36-43(3)4)65(97)84-63/h43-59,62-64H,18-42H2,1-17H3,(H,83,95)(H,84,97)(H,85,98)/t44?,45-,46-,47-,48?,49?,50?,51?,52?,53?,54-,55-,56-,57-,58-,59-,62?,63-,64-/m0/s1. The van der Waals surface area contributed by atoms with Gasteiger partial charge in [-0.15, -0.1) is 0 Å². The number of amides is 12. The largest absolute Gasteiger partial charge is 0.397 e. The number of halogens is 6. The van der Waals surface area contributed by atoms with E-state index in [0.29, 0.717) is 44.4 Å². The van der Waals surface area contributed by atoms with Crippen LogP contribution in [0.15, 0.2) is 0 Å². The zero-order valence-electron chi connectivity index (χ0n) is 65.9. The van der Waals surface area contributed by atoms with Gasteiger partial charge in [0.25, 0.3) is 0 Å². The number of carbonyl (C=O) groups is 12. The van der Waals surface area contributed by atoms with E-state index in [-0.39, 0.29) is 82.1 Å². The molecule has 602 valence electrons. The maximum absolute atomic E-state index is 15.7. The number of nitrogens with zero attached hydrogens (tertiary/aromatic N) is 9. The van der Waals surface area contributed by atoms with Gasteiger partial charge in [-0.2, -0.15) is 13.2 Å². The van der Waals surface area contributed by atoms with Gasteiger partial charge in [-0.3, -0.25) is 57.5 Å². The van der Waals surface area contributed by atoms with Gasteiger partial charge in [0.05, 0.1) is 13.0 Å². The van der Waals surface area contributed by atoms with Crippen LogP contribution in [0.4, 0.5) is 26.3 Å². The maximum Gasteiger partial charge on any atom is 0.397 e. The third-order valence-electron chi connectivity index (χ3n) is 24.6. The van der Waals surface area contributed by atoms with Crippen molar-refractivity contribution in [2.45, 2.75) is 288 Å². The number of fused-ring (bicyclic) bond motifs is 1. The van der Waals surface area contributed by atoms with Crippen molar-refractivity contribution in [1.29, 1.82) is 0 Å². The average Bonchev–Trinajstić information content (AvgIpc) is 1.16. The lowest BCUT2D eigenvalue weighted by atomic mass is 9.76. The van der Waals surface area contributed by atoms with E-state index < -0.39 is 211 Å². The highest BCUT2D eigenvalue weighted by Gasteiger charge is 2.55. The maximum atomic E-state index is 15.7. The molecule has 6 fully saturated rings. The van der Waals surface area contributed by atoms with Crippen LogP contribution < -0.4 is 16.0 Å². The molecule has 2 unspecified atom stereocenters. The van der Waals surface area contributed by atoms with E-state index in [4.69, 9.17) is 0 Å². The normalized spacial score (nSPS) is 32.9. The van der Waals surface area contributed by atoms with Crippen molar-refractivity contribution < 1.29 is 83.9 Å². The van der Waals surface area contributed by atoms with Crippen LogP contribution in [-0.2, 0) is 57.5 Å². The summed E-state index contributed by atoms with van der Waals surface area (Å²) in [6, 6.07) is -12.0. The molecule has 13 atom stereocenters. The summed E-state index contributed by atoms with van der Waals surface area (Å²) in [5, 5.41) is 8.61. The zero-order valence-corrected chi connectivity index (χ0v) is 65.9. The molecule has 2 heterocycles. The van der Waals surface area contributed by atoms with E-state index in [9.17, 15) is 51.1 Å². The minimum Gasteiger partial charge on any atom is -0.347 e. The Morgan fingerprint density at radius 2 is 1.13 bits per heavy atom. The smallest absolute Gasteiger partial charge is 0.347 e. The Morgan fingerprint density at radius 1 is 0.585 bits per heavy atom. The van der Waals surface area contributed by atoms with Crippen molar-refractivity contribution in [3.05, 3.63) is 0 Å². The van der Waals surface area contributed by atoms with Gasteiger partial charge < -0.3 is 60.0 Å². The Balaban J connectivity index is 1.48. The molecule has 6 rings (SSSR count). The number of carbonyl (C=O) groups excluding carboxylic acids is 12. The van der Waals surface area contributed by atoms with Crippen LogP contribution in [0.3, 0.4) is 0 Å². The quantitative estimate of drug-likeness (QED) is 0.145. The van der Waals surface area contributed by atoms with Gasteiger partial charge in [-0.05, 0) is 138 Å². The predicted octanol–water partition coefficient (Wildman–Crippen LogP) is 7.24. The molecule has 0 aromatic heterocycles. The fraction of sp³-hybridized carbons (Fsp3) is 0.842. The summed E-state index contributed by atoms with van der Waals surface area (Å²) in [5.74, 6) is -14.1. The molecule has 106 heavy (non-hydrogen) atoms. The molecule has 12 amide bonds. The molecular formula is C76H124F6N12O12. The molecule has 0 aromatic rings. The van der Waals surface area contributed by atoms with E-state index in [0.717, 1.165) is 40.4 Å². The molecule has 1 spiro atoms. The Kier molecular flexibility index (Phi) is 31.6. The molecular weight excluding hydrogens is 1390 g/mol. The number of alkyl halides is 6. The molecule has 4 saturated carbocycles. The van der Waals surface area contributed by atoms with E-state index >= 15 is 32.8 Å². The Morgan fingerprint density at radius 3 is 1.65 bits per heavy atom. The third-order valence-corrected chi connectivity index (χ3v) is 24.6. The summed E-state index contributed by atoms with van der Waals surface area (Å²) in [6.07, 6.45) is -8.40. The lowest BCUT2D eigenvalue weighted by molar-refractivity contribution is -0.219. The van der Waals surface area contributed by atoms with Gasteiger partial charge in [0.15, 0.2) is 0 Å². The minimum atomic E-state index is -5.19. The fourth-order valence-corrected chi connectivity index (χ4v) is 16.8. The van der Waals surface area contributed by atoms with E-state index in [2.05, 4.69) is 22.9 Å². The highest BCUT2D eigenvalue weighted by Crippen LogP contribution is 2.45. The molecule has 4 aliphatic carbocycles. The van der Waals surface area contributed by atoms with Crippen molar-refractivity contribution in [3.63, 3.8) is 0 Å². The first-order chi connectivity index (χ1) is 49.5. The topological polar surface area (TPSA) is 270 Å². The minimum absolute atomic E-state index is 0.0527. The molecule has 2 saturated heterocycles. The summed E-state index contributed by atoms with van der Waals surface area (Å²) < 4.78 is 87.8. The monoisotopic (exact) mass is 1510 g/mol. The summed E-state index contributed by atoms with van der Waals surface area (Å²) in [7, 11) is 12.5. The second-order valence-electron chi connectivity index (χ2n) is 32.9. The first-order valence-corrected chi connectivity index (χ1v) is 38.8. The third kappa shape index (κ3) is 21.4. The fourth-order valence-electron chi connectivity index (χ4n) is 16.8. The second kappa shape index (κ2) is 38.0. The van der Waals surface area contributed by atoms with Gasteiger partial charge >= 0.3 is 6.18 Å². The summed E-state index contributed by atoms with van der Waals surface area (Å²) >= 11 is 0. The summed E-state index contributed by atoms with van der Waals surface area (Å²) in [5.41, 5.74) is -1.73. The first kappa shape index (κ1) is 88.1. The van der Waals surface area contributed by atoms with Gasteiger partial charge in [0.1, 0.15) is 84.3 Å². The zero-order chi connectivity index (χ0) is 79.5. The lowest BCUT2D eigenvalue weighted by Crippen LogP contribution is -2.65. The van der Waals surface area contributed by atoms with Crippen molar-refractivity contribution in [1.82, 2.24) is 60.0 Å².